The molecular weight excluding hydrogens is 366 g/mol. The highest BCUT2D eigenvalue weighted by atomic mass is 32.2. The minimum atomic E-state index is -1.23. The zero-order valence-electron chi connectivity index (χ0n) is 13.8. The Morgan fingerprint density at radius 1 is 1.11 bits per heavy atom. The van der Waals surface area contributed by atoms with E-state index in [1.807, 2.05) is 36.4 Å². The summed E-state index contributed by atoms with van der Waals surface area (Å²) in [6, 6.07) is 16.6. The smallest absolute Gasteiger partial charge is 0.322 e. The van der Waals surface area contributed by atoms with E-state index in [1.165, 1.54) is 11.8 Å². The molecule has 0 unspecified atom stereocenters. The largest absolute Gasteiger partial charge is 0.505 e. The number of hydrogen-bond acceptors (Lipinski definition) is 6. The first-order valence-corrected chi connectivity index (χ1v) is 8.61. The zero-order chi connectivity index (χ0) is 19.4. The van der Waals surface area contributed by atoms with E-state index in [2.05, 4.69) is 10.3 Å². The topological polar surface area (TPSA) is 123 Å². The standard InChI is InChI=1S/C19H13N3O4S/c20-9-15-13-7-6-12(27-11-4-2-1-3-5-11)8-14(13)18(25)17(22-15)19(26)21-10-16(23)24/h1-8,25H,10H2,(H,21,26)(H,23,24). The van der Waals surface area contributed by atoms with Crippen LogP contribution in [0.2, 0.25) is 0 Å². The average molecular weight is 379 g/mol. The van der Waals surface area contributed by atoms with Crippen molar-refractivity contribution in [2.45, 2.75) is 9.79 Å². The maximum atomic E-state index is 12.1. The number of hydrogen-bond donors (Lipinski definition) is 3. The monoisotopic (exact) mass is 379 g/mol. The molecule has 27 heavy (non-hydrogen) atoms. The van der Waals surface area contributed by atoms with E-state index < -0.39 is 24.2 Å². The number of aromatic nitrogens is 1. The van der Waals surface area contributed by atoms with Crippen molar-refractivity contribution in [1.29, 1.82) is 5.26 Å². The predicted molar refractivity (Wildman–Crippen MR) is 98.7 cm³/mol. The van der Waals surface area contributed by atoms with Crippen LogP contribution in [0.15, 0.2) is 58.3 Å². The molecule has 1 heterocycles. The molecule has 0 aliphatic carbocycles. The molecule has 134 valence electrons. The minimum absolute atomic E-state index is 0.0282. The number of carboxylic acids is 1. The molecule has 0 radical (unpaired) electrons. The molecular formula is C19H13N3O4S. The van der Waals surface area contributed by atoms with E-state index >= 15 is 0 Å². The van der Waals surface area contributed by atoms with Crippen LogP contribution < -0.4 is 5.32 Å². The molecule has 0 saturated heterocycles. The van der Waals surface area contributed by atoms with E-state index in [0.717, 1.165) is 9.79 Å². The normalized spacial score (nSPS) is 10.3. The Morgan fingerprint density at radius 3 is 2.52 bits per heavy atom. The van der Waals surface area contributed by atoms with Crippen molar-refractivity contribution in [1.82, 2.24) is 10.3 Å². The van der Waals surface area contributed by atoms with Crippen molar-refractivity contribution in [3.8, 4) is 11.8 Å². The van der Waals surface area contributed by atoms with E-state index in [0.29, 0.717) is 10.8 Å². The van der Waals surface area contributed by atoms with Crippen LogP contribution in [0.3, 0.4) is 0 Å². The van der Waals surface area contributed by atoms with Gasteiger partial charge in [-0.25, -0.2) is 4.98 Å². The van der Waals surface area contributed by atoms with Crippen LogP contribution in [0.5, 0.6) is 5.75 Å². The number of aliphatic carboxylic acids is 1. The fraction of sp³-hybridized carbons (Fsp3) is 0.0526. The van der Waals surface area contributed by atoms with Crippen LogP contribution in [0.25, 0.3) is 10.8 Å². The highest BCUT2D eigenvalue weighted by Crippen LogP contribution is 2.35. The number of amides is 1. The van der Waals surface area contributed by atoms with Crippen LogP contribution in [0.4, 0.5) is 0 Å². The van der Waals surface area contributed by atoms with Crippen molar-refractivity contribution < 1.29 is 19.8 Å². The number of nitrogens with zero attached hydrogens (tertiary/aromatic N) is 2. The molecule has 7 nitrogen and oxygen atoms in total. The van der Waals surface area contributed by atoms with Gasteiger partial charge in [-0.3, -0.25) is 9.59 Å². The lowest BCUT2D eigenvalue weighted by Crippen LogP contribution is -2.30. The maximum Gasteiger partial charge on any atom is 0.322 e. The van der Waals surface area contributed by atoms with Gasteiger partial charge in [-0.1, -0.05) is 36.0 Å². The number of carbonyl (C=O) groups excluding carboxylic acids is 1. The fourth-order valence-electron chi connectivity index (χ4n) is 2.45. The number of pyridine rings is 1. The Hall–Kier alpha value is -3.57. The van der Waals surface area contributed by atoms with Crippen molar-refractivity contribution >= 4 is 34.4 Å². The van der Waals surface area contributed by atoms with Crippen LogP contribution in [-0.2, 0) is 4.79 Å². The van der Waals surface area contributed by atoms with Gasteiger partial charge < -0.3 is 15.5 Å². The molecule has 3 rings (SSSR count). The van der Waals surface area contributed by atoms with Crippen LogP contribution in [-0.4, -0.2) is 33.6 Å². The van der Waals surface area contributed by atoms with Crippen LogP contribution in [0.1, 0.15) is 16.2 Å². The molecule has 2 aromatic carbocycles. The summed E-state index contributed by atoms with van der Waals surface area (Å²) in [6.07, 6.45) is 0. The zero-order valence-corrected chi connectivity index (χ0v) is 14.7. The van der Waals surface area contributed by atoms with E-state index in [1.54, 1.807) is 18.2 Å². The van der Waals surface area contributed by atoms with Gasteiger partial charge in [0.15, 0.2) is 11.4 Å². The number of carbonyl (C=O) groups is 2. The Kier molecular flexibility index (Phi) is 5.24. The first kappa shape index (κ1) is 18.2. The predicted octanol–water partition coefficient (Wildman–Crippen LogP) is 2.78. The average Bonchev–Trinajstić information content (AvgIpc) is 2.67. The Labute approximate surface area is 158 Å². The van der Waals surface area contributed by atoms with Gasteiger partial charge in [0.1, 0.15) is 18.3 Å². The lowest BCUT2D eigenvalue weighted by atomic mass is 10.1. The van der Waals surface area contributed by atoms with Gasteiger partial charge in [0.2, 0.25) is 0 Å². The number of carboxylic acid groups (broad SMARTS) is 1. The Morgan fingerprint density at radius 2 is 1.85 bits per heavy atom. The number of nitrogens with one attached hydrogen (secondary N) is 1. The summed E-state index contributed by atoms with van der Waals surface area (Å²) in [5.74, 6) is -2.50. The van der Waals surface area contributed by atoms with Gasteiger partial charge in [0, 0.05) is 20.6 Å². The summed E-state index contributed by atoms with van der Waals surface area (Å²) in [6.45, 7) is -0.621. The molecule has 1 amide bonds. The van der Waals surface area contributed by atoms with Gasteiger partial charge >= 0.3 is 5.97 Å². The number of benzene rings is 2. The molecule has 3 aromatic rings. The summed E-state index contributed by atoms with van der Waals surface area (Å²) in [5, 5.41) is 31.3. The maximum absolute atomic E-state index is 12.1. The summed E-state index contributed by atoms with van der Waals surface area (Å²) in [4.78, 5) is 28.4. The van der Waals surface area contributed by atoms with Crippen LogP contribution >= 0.6 is 11.8 Å². The van der Waals surface area contributed by atoms with Crippen molar-refractivity contribution in [2.24, 2.45) is 0 Å². The first-order chi connectivity index (χ1) is 13.0. The number of rotatable bonds is 5. The molecule has 8 heteroatoms. The van der Waals surface area contributed by atoms with Crippen molar-refractivity contribution in [3.05, 3.63) is 59.9 Å². The molecule has 0 aliphatic rings. The summed E-state index contributed by atoms with van der Waals surface area (Å²) < 4.78 is 0. The highest BCUT2D eigenvalue weighted by Gasteiger charge is 2.20. The molecule has 0 spiro atoms. The number of nitriles is 1. The Bertz CT molecular complexity index is 1080. The lowest BCUT2D eigenvalue weighted by Gasteiger charge is -2.10. The first-order valence-electron chi connectivity index (χ1n) is 7.79. The van der Waals surface area contributed by atoms with E-state index in [-0.39, 0.29) is 11.4 Å². The molecule has 0 fully saturated rings. The second kappa shape index (κ2) is 7.76. The van der Waals surface area contributed by atoms with Gasteiger partial charge in [-0.05, 0) is 24.3 Å². The molecule has 0 aliphatic heterocycles. The van der Waals surface area contributed by atoms with Gasteiger partial charge in [-0.2, -0.15) is 5.26 Å². The molecule has 0 atom stereocenters. The lowest BCUT2D eigenvalue weighted by molar-refractivity contribution is -0.135. The highest BCUT2D eigenvalue weighted by molar-refractivity contribution is 7.99. The number of aromatic hydroxyl groups is 1. The third kappa shape index (κ3) is 3.99. The van der Waals surface area contributed by atoms with Gasteiger partial charge in [-0.15, -0.1) is 0 Å². The second-order valence-electron chi connectivity index (χ2n) is 5.47. The molecule has 0 saturated carbocycles. The van der Waals surface area contributed by atoms with E-state index in [4.69, 9.17) is 5.11 Å². The fourth-order valence-corrected chi connectivity index (χ4v) is 3.33. The summed E-state index contributed by atoms with van der Waals surface area (Å²) in [5.41, 5.74) is -0.415. The Balaban J connectivity index is 2.05. The quantitative estimate of drug-likeness (QED) is 0.623. The molecule has 3 N–H and O–H groups in total. The number of fused-ring (bicyclic) bond motifs is 1. The third-order valence-electron chi connectivity index (χ3n) is 3.65. The second-order valence-corrected chi connectivity index (χ2v) is 6.62. The van der Waals surface area contributed by atoms with Gasteiger partial charge in [0.05, 0.1) is 0 Å². The van der Waals surface area contributed by atoms with Crippen molar-refractivity contribution in [3.63, 3.8) is 0 Å². The molecule has 0 bridgehead atoms. The molecule has 1 aromatic heterocycles. The van der Waals surface area contributed by atoms with Gasteiger partial charge in [0.25, 0.3) is 5.91 Å². The summed E-state index contributed by atoms with van der Waals surface area (Å²) in [7, 11) is 0. The van der Waals surface area contributed by atoms with Crippen LogP contribution in [0, 0.1) is 11.3 Å². The third-order valence-corrected chi connectivity index (χ3v) is 4.65. The van der Waals surface area contributed by atoms with E-state index in [9.17, 15) is 20.0 Å². The SMILES string of the molecule is N#Cc1nc(C(=O)NCC(=O)O)c(O)c2cc(Sc3ccccc3)ccc12. The van der Waals surface area contributed by atoms with Crippen molar-refractivity contribution in [2.75, 3.05) is 6.54 Å². The summed E-state index contributed by atoms with van der Waals surface area (Å²) >= 11 is 1.46. The minimum Gasteiger partial charge on any atom is -0.505 e.